The van der Waals surface area contributed by atoms with E-state index in [1.165, 1.54) is 9.80 Å². The normalized spacial score (nSPS) is 17.2. The molecule has 43 heavy (non-hydrogen) atoms. The maximum Gasteiger partial charge on any atom is 2.00 e. The number of hydrogen-bond donors (Lipinski definition) is 0. The molecule has 2 amide bonds. The Kier molecular flexibility index (Phi) is 12.7. The summed E-state index contributed by atoms with van der Waals surface area (Å²) in [4.78, 5) is 51.0. The molecule has 2 heterocycles. The van der Waals surface area contributed by atoms with Crippen LogP contribution in [0.3, 0.4) is 0 Å². The zero-order valence-electron chi connectivity index (χ0n) is 25.5. The van der Waals surface area contributed by atoms with Crippen molar-refractivity contribution in [1.29, 1.82) is 0 Å². The molecule has 11 heteroatoms. The second kappa shape index (κ2) is 15.5. The number of ether oxygens (including phenoxy) is 2. The molecule has 0 saturated carbocycles. The van der Waals surface area contributed by atoms with Gasteiger partial charge in [0.05, 0.1) is 37.4 Å². The molecular formula is C32H36N2O8Zn. The first-order valence-corrected chi connectivity index (χ1v) is 13.9. The van der Waals surface area contributed by atoms with Crippen LogP contribution >= 0.6 is 0 Å². The third kappa shape index (κ3) is 8.11. The first kappa shape index (κ1) is 35.2. The van der Waals surface area contributed by atoms with Crippen molar-refractivity contribution in [2.24, 2.45) is 0 Å². The van der Waals surface area contributed by atoms with Crippen LogP contribution in [0, 0.1) is 0 Å². The number of likely N-dealkylation sites (tertiary alicyclic amines) is 2. The standard InChI is InChI=1S/2C16H19NO4.Zn/c2*1-4-21-12-7-5-11(6-8-12)15(19)14-13(18)9-17(10(2)3)16(14)20;/h2*5-8,10,19H,4,9H2,1-3H3;/q;;+2/p-2/b2*15-14-;. The number of Topliss-reactive ketones (excluding diaryl/α,β-unsaturated/α-hetero) is 2. The van der Waals surface area contributed by atoms with E-state index in [1.807, 2.05) is 41.5 Å². The molecule has 0 aliphatic carbocycles. The van der Waals surface area contributed by atoms with Gasteiger partial charge in [0.25, 0.3) is 11.8 Å². The summed E-state index contributed by atoms with van der Waals surface area (Å²) in [5.41, 5.74) is 0.155. The maximum absolute atomic E-state index is 12.4. The van der Waals surface area contributed by atoms with Crippen molar-refractivity contribution in [3.05, 3.63) is 70.8 Å². The molecule has 2 aliphatic heterocycles. The molecule has 4 rings (SSSR count). The summed E-state index contributed by atoms with van der Waals surface area (Å²) in [6.45, 7) is 12.0. The van der Waals surface area contributed by atoms with E-state index in [2.05, 4.69) is 0 Å². The van der Waals surface area contributed by atoms with Gasteiger partial charge in [0.2, 0.25) is 0 Å². The van der Waals surface area contributed by atoms with Gasteiger partial charge in [-0.25, -0.2) is 0 Å². The van der Waals surface area contributed by atoms with E-state index in [0.29, 0.717) is 35.8 Å². The van der Waals surface area contributed by atoms with Crippen LogP contribution in [-0.4, -0.2) is 71.6 Å². The van der Waals surface area contributed by atoms with Gasteiger partial charge in [-0.3, -0.25) is 19.2 Å². The van der Waals surface area contributed by atoms with E-state index in [0.717, 1.165) is 0 Å². The van der Waals surface area contributed by atoms with Gasteiger partial charge in [-0.2, -0.15) is 0 Å². The fourth-order valence-electron chi connectivity index (χ4n) is 4.45. The Balaban J connectivity index is 0.000000293. The molecule has 0 atom stereocenters. The SMILES string of the molecule is CCOc1ccc(/C([O-])=C2\C(=O)CN(C(C)C)C2=O)cc1.CCOc1ccc(/C([O-])=C2\C(=O)CN(C(C)C)C2=O)cc1.[Zn+2]. The minimum atomic E-state index is -0.517. The Morgan fingerprint density at radius 3 is 1.19 bits per heavy atom. The van der Waals surface area contributed by atoms with Gasteiger partial charge in [0, 0.05) is 12.1 Å². The van der Waals surface area contributed by atoms with Gasteiger partial charge in [-0.05, 0) is 76.9 Å². The fraction of sp³-hybridized carbons (Fsp3) is 0.375. The Bertz CT molecular complexity index is 1290. The van der Waals surface area contributed by atoms with Crippen molar-refractivity contribution in [3.8, 4) is 11.5 Å². The van der Waals surface area contributed by atoms with Crippen molar-refractivity contribution in [2.75, 3.05) is 26.3 Å². The van der Waals surface area contributed by atoms with E-state index in [-0.39, 0.29) is 55.8 Å². The number of rotatable bonds is 8. The second-order valence-electron chi connectivity index (χ2n) is 10.2. The van der Waals surface area contributed by atoms with E-state index >= 15 is 0 Å². The van der Waals surface area contributed by atoms with Gasteiger partial charge < -0.3 is 29.5 Å². The molecule has 0 spiro atoms. The predicted molar refractivity (Wildman–Crippen MR) is 153 cm³/mol. The molecule has 0 unspecified atom stereocenters. The molecule has 2 aliphatic rings. The summed E-state index contributed by atoms with van der Waals surface area (Å²) in [7, 11) is 0. The molecule has 0 bridgehead atoms. The molecule has 10 nitrogen and oxygen atoms in total. The molecule has 2 aromatic rings. The zero-order chi connectivity index (χ0) is 31.1. The van der Waals surface area contributed by atoms with E-state index in [9.17, 15) is 29.4 Å². The van der Waals surface area contributed by atoms with Crippen LogP contribution in [0.25, 0.3) is 11.5 Å². The summed E-state index contributed by atoms with van der Waals surface area (Å²) in [5, 5.41) is 24.7. The van der Waals surface area contributed by atoms with E-state index in [4.69, 9.17) is 9.47 Å². The fourth-order valence-corrected chi connectivity index (χ4v) is 4.45. The zero-order valence-corrected chi connectivity index (χ0v) is 28.4. The number of benzene rings is 2. The summed E-state index contributed by atoms with van der Waals surface area (Å²) in [6, 6.07) is 12.7. The van der Waals surface area contributed by atoms with Crippen LogP contribution in [0.4, 0.5) is 0 Å². The van der Waals surface area contributed by atoms with Crippen LogP contribution in [0.2, 0.25) is 0 Å². The molecule has 224 valence electrons. The maximum atomic E-state index is 12.4. The quantitative estimate of drug-likeness (QED) is 0.185. The average molecular weight is 642 g/mol. The minimum Gasteiger partial charge on any atom is -0.871 e. The molecule has 2 fully saturated rings. The van der Waals surface area contributed by atoms with Crippen molar-refractivity contribution < 1.29 is 58.3 Å². The van der Waals surface area contributed by atoms with Crippen LogP contribution in [0.5, 0.6) is 11.5 Å². The van der Waals surface area contributed by atoms with E-state index < -0.39 is 34.9 Å². The average Bonchev–Trinajstić information content (AvgIpc) is 3.43. The Hall–Kier alpha value is -3.98. The van der Waals surface area contributed by atoms with Crippen LogP contribution in [-0.2, 0) is 38.7 Å². The number of amides is 2. The second-order valence-corrected chi connectivity index (χ2v) is 10.2. The van der Waals surface area contributed by atoms with E-state index in [1.54, 1.807) is 48.5 Å². The molecular weight excluding hydrogens is 606 g/mol. The molecule has 2 saturated heterocycles. The van der Waals surface area contributed by atoms with Gasteiger partial charge in [-0.15, -0.1) is 0 Å². The third-order valence-electron chi connectivity index (χ3n) is 6.69. The van der Waals surface area contributed by atoms with Gasteiger partial charge in [-0.1, -0.05) is 35.8 Å². The molecule has 0 N–H and O–H groups in total. The van der Waals surface area contributed by atoms with Gasteiger partial charge in [0.1, 0.15) is 11.5 Å². The monoisotopic (exact) mass is 640 g/mol. The van der Waals surface area contributed by atoms with Crippen molar-refractivity contribution >= 4 is 34.9 Å². The number of ketones is 2. The Morgan fingerprint density at radius 2 is 0.953 bits per heavy atom. The number of hydrogen-bond acceptors (Lipinski definition) is 8. The minimum absolute atomic E-state index is 0. The molecule has 0 radical (unpaired) electrons. The van der Waals surface area contributed by atoms with Crippen LogP contribution in [0.1, 0.15) is 52.7 Å². The van der Waals surface area contributed by atoms with Crippen LogP contribution in [0.15, 0.2) is 59.7 Å². The van der Waals surface area contributed by atoms with Crippen molar-refractivity contribution in [2.45, 2.75) is 53.6 Å². The summed E-state index contributed by atoms with van der Waals surface area (Å²) in [5.74, 6) is -1.52. The molecule has 0 aromatic heterocycles. The largest absolute Gasteiger partial charge is 2.00 e. The smallest absolute Gasteiger partial charge is 0.871 e. The predicted octanol–water partition coefficient (Wildman–Crippen LogP) is 1.95. The van der Waals surface area contributed by atoms with Crippen molar-refractivity contribution in [3.63, 3.8) is 0 Å². The van der Waals surface area contributed by atoms with Crippen LogP contribution < -0.4 is 19.7 Å². The Labute approximate surface area is 264 Å². The first-order chi connectivity index (χ1) is 19.9. The summed E-state index contributed by atoms with van der Waals surface area (Å²) in [6.07, 6.45) is 0. The van der Waals surface area contributed by atoms with Gasteiger partial charge >= 0.3 is 19.5 Å². The number of nitrogens with zero attached hydrogens (tertiary/aromatic N) is 2. The Morgan fingerprint density at radius 1 is 0.651 bits per heavy atom. The molecule has 2 aromatic carbocycles. The summed E-state index contributed by atoms with van der Waals surface area (Å²) < 4.78 is 10.6. The van der Waals surface area contributed by atoms with Crippen molar-refractivity contribution in [1.82, 2.24) is 9.80 Å². The summed E-state index contributed by atoms with van der Waals surface area (Å²) >= 11 is 0. The number of carbonyl (C=O) groups is 4. The first-order valence-electron chi connectivity index (χ1n) is 13.9. The number of carbonyl (C=O) groups excluding carboxylic acids is 4. The topological polar surface area (TPSA) is 139 Å². The third-order valence-corrected chi connectivity index (χ3v) is 6.69. The van der Waals surface area contributed by atoms with Gasteiger partial charge in [0.15, 0.2) is 11.6 Å².